The van der Waals surface area contributed by atoms with Gasteiger partial charge >= 0.3 is 0 Å². The lowest BCUT2D eigenvalue weighted by Crippen LogP contribution is -2.40. The molecule has 1 aromatic heterocycles. The van der Waals surface area contributed by atoms with Crippen LogP contribution in [0.5, 0.6) is 0 Å². The van der Waals surface area contributed by atoms with Crippen molar-refractivity contribution in [3.63, 3.8) is 0 Å². The molecule has 2 aromatic rings. The number of hydrogen-bond acceptors (Lipinski definition) is 2. The first-order valence-electron chi connectivity index (χ1n) is 9.36. The average Bonchev–Trinajstić information content (AvgIpc) is 3.20. The minimum atomic E-state index is -0.195. The lowest BCUT2D eigenvalue weighted by Gasteiger charge is -2.29. The summed E-state index contributed by atoms with van der Waals surface area (Å²) < 4.78 is 15.7. The predicted octanol–water partition coefficient (Wildman–Crippen LogP) is 3.15. The smallest absolute Gasteiger partial charge is 0.227 e. The van der Waals surface area contributed by atoms with E-state index in [2.05, 4.69) is 20.6 Å². The molecule has 4 rings (SSSR count). The number of piperidine rings is 1. The van der Waals surface area contributed by atoms with Crippen LogP contribution in [0.4, 0.5) is 4.39 Å². The Hall–Kier alpha value is -1.88. The highest BCUT2D eigenvalue weighted by Crippen LogP contribution is 2.27. The standard InChI is InChI=1S/C20H26FN3O/c1-22-12-16(18-11-17(21)5-6-19(18)22)14-23-10-7-15(13-23)20(25)24-8-3-2-4-9-24/h5-6,11-12,15H,2-4,7-10,13-14H2,1H3/t15-/m0/s1. The Kier molecular flexibility index (Phi) is 4.50. The molecule has 3 heterocycles. The molecule has 2 saturated heterocycles. The number of nitrogens with zero attached hydrogens (tertiary/aromatic N) is 3. The number of aromatic nitrogens is 1. The number of halogens is 1. The minimum Gasteiger partial charge on any atom is -0.350 e. The van der Waals surface area contributed by atoms with E-state index < -0.39 is 0 Å². The molecule has 0 bridgehead atoms. The van der Waals surface area contributed by atoms with Crippen molar-refractivity contribution < 1.29 is 9.18 Å². The number of hydrogen-bond donors (Lipinski definition) is 0. The van der Waals surface area contributed by atoms with Crippen molar-refractivity contribution in [1.82, 2.24) is 14.4 Å². The number of benzene rings is 1. The van der Waals surface area contributed by atoms with Crippen molar-refractivity contribution in [2.75, 3.05) is 26.2 Å². The van der Waals surface area contributed by atoms with Gasteiger partial charge in [-0.25, -0.2) is 4.39 Å². The maximum atomic E-state index is 13.6. The number of amides is 1. The zero-order valence-electron chi connectivity index (χ0n) is 14.9. The van der Waals surface area contributed by atoms with Gasteiger partial charge in [-0.05, 0) is 56.0 Å². The lowest BCUT2D eigenvalue weighted by atomic mass is 10.0. The largest absolute Gasteiger partial charge is 0.350 e. The van der Waals surface area contributed by atoms with E-state index in [0.717, 1.165) is 68.5 Å². The molecule has 0 N–H and O–H groups in total. The maximum Gasteiger partial charge on any atom is 0.227 e. The van der Waals surface area contributed by atoms with Crippen LogP contribution in [0, 0.1) is 11.7 Å². The third-order valence-corrected chi connectivity index (χ3v) is 5.72. The number of likely N-dealkylation sites (tertiary alicyclic amines) is 2. The fourth-order valence-corrected chi connectivity index (χ4v) is 4.36. The molecule has 0 aliphatic carbocycles. The van der Waals surface area contributed by atoms with Gasteiger partial charge in [0.2, 0.25) is 5.91 Å². The van der Waals surface area contributed by atoms with E-state index in [9.17, 15) is 9.18 Å². The zero-order chi connectivity index (χ0) is 17.4. The Morgan fingerprint density at radius 3 is 2.80 bits per heavy atom. The van der Waals surface area contributed by atoms with Crippen LogP contribution < -0.4 is 0 Å². The van der Waals surface area contributed by atoms with Gasteiger partial charge in [-0.15, -0.1) is 0 Å². The molecule has 2 aliphatic rings. The summed E-state index contributed by atoms with van der Waals surface area (Å²) in [7, 11) is 2.00. The second kappa shape index (κ2) is 6.79. The molecule has 2 aliphatic heterocycles. The molecule has 4 nitrogen and oxygen atoms in total. The SMILES string of the molecule is Cn1cc(CN2CC[C@H](C(=O)N3CCCCC3)C2)c2cc(F)ccc21. The molecule has 1 atom stereocenters. The third kappa shape index (κ3) is 3.30. The topological polar surface area (TPSA) is 28.5 Å². The van der Waals surface area contributed by atoms with Crippen LogP contribution in [0.25, 0.3) is 10.9 Å². The van der Waals surface area contributed by atoms with Crippen LogP contribution in [0.3, 0.4) is 0 Å². The minimum absolute atomic E-state index is 0.129. The summed E-state index contributed by atoms with van der Waals surface area (Å²) in [5.74, 6) is 0.274. The summed E-state index contributed by atoms with van der Waals surface area (Å²) in [6.07, 6.45) is 6.56. The molecule has 0 saturated carbocycles. The molecule has 5 heteroatoms. The van der Waals surface area contributed by atoms with Crippen LogP contribution in [-0.4, -0.2) is 46.5 Å². The first-order valence-corrected chi connectivity index (χ1v) is 9.36. The first kappa shape index (κ1) is 16.6. The van der Waals surface area contributed by atoms with Crippen LogP contribution >= 0.6 is 0 Å². The lowest BCUT2D eigenvalue weighted by molar-refractivity contribution is -0.136. The van der Waals surface area contributed by atoms with Crippen LogP contribution in [0.1, 0.15) is 31.2 Å². The number of rotatable bonds is 3. The van der Waals surface area contributed by atoms with Gasteiger partial charge in [0, 0.05) is 50.3 Å². The number of aryl methyl sites for hydroxylation is 1. The van der Waals surface area contributed by atoms with E-state index >= 15 is 0 Å². The summed E-state index contributed by atoms with van der Waals surface area (Å²) >= 11 is 0. The van der Waals surface area contributed by atoms with Gasteiger partial charge in [0.05, 0.1) is 5.92 Å². The second-order valence-electron chi connectivity index (χ2n) is 7.53. The van der Waals surface area contributed by atoms with E-state index in [1.54, 1.807) is 6.07 Å². The van der Waals surface area contributed by atoms with E-state index in [4.69, 9.17) is 0 Å². The van der Waals surface area contributed by atoms with Crippen molar-refractivity contribution >= 4 is 16.8 Å². The number of fused-ring (bicyclic) bond motifs is 1. The van der Waals surface area contributed by atoms with E-state index in [-0.39, 0.29) is 11.7 Å². The summed E-state index contributed by atoms with van der Waals surface area (Å²) in [6, 6.07) is 4.97. The zero-order valence-corrected chi connectivity index (χ0v) is 14.9. The van der Waals surface area contributed by atoms with Crippen molar-refractivity contribution in [3.05, 3.63) is 35.8 Å². The summed E-state index contributed by atoms with van der Waals surface area (Å²) in [4.78, 5) is 17.1. The molecule has 2 fully saturated rings. The highest BCUT2D eigenvalue weighted by Gasteiger charge is 2.32. The van der Waals surface area contributed by atoms with Crippen LogP contribution in [0.2, 0.25) is 0 Å². The fourth-order valence-electron chi connectivity index (χ4n) is 4.36. The maximum absolute atomic E-state index is 13.6. The molecular weight excluding hydrogens is 317 g/mol. The Labute approximate surface area is 148 Å². The fraction of sp³-hybridized carbons (Fsp3) is 0.550. The van der Waals surface area contributed by atoms with Crippen molar-refractivity contribution in [2.45, 2.75) is 32.2 Å². The summed E-state index contributed by atoms with van der Waals surface area (Å²) in [5, 5.41) is 0.980. The quantitative estimate of drug-likeness (QED) is 0.856. The Bertz CT molecular complexity index is 779. The van der Waals surface area contributed by atoms with Gasteiger partial charge in [-0.3, -0.25) is 9.69 Å². The molecule has 25 heavy (non-hydrogen) atoms. The predicted molar refractivity (Wildman–Crippen MR) is 96.7 cm³/mol. The monoisotopic (exact) mass is 343 g/mol. The van der Waals surface area contributed by atoms with Gasteiger partial charge in [0.15, 0.2) is 0 Å². The third-order valence-electron chi connectivity index (χ3n) is 5.72. The van der Waals surface area contributed by atoms with E-state index in [1.807, 2.05) is 13.1 Å². The van der Waals surface area contributed by atoms with Crippen LogP contribution in [-0.2, 0) is 18.4 Å². The second-order valence-corrected chi connectivity index (χ2v) is 7.53. The van der Waals surface area contributed by atoms with Gasteiger partial charge in [0.25, 0.3) is 0 Å². The van der Waals surface area contributed by atoms with Gasteiger partial charge < -0.3 is 9.47 Å². The molecule has 0 unspecified atom stereocenters. The number of carbonyl (C=O) groups excluding carboxylic acids is 1. The Morgan fingerprint density at radius 2 is 2.00 bits per heavy atom. The molecule has 1 amide bonds. The van der Waals surface area contributed by atoms with Crippen molar-refractivity contribution in [3.8, 4) is 0 Å². The molecule has 1 aromatic carbocycles. The van der Waals surface area contributed by atoms with E-state index in [1.165, 1.54) is 12.5 Å². The van der Waals surface area contributed by atoms with Gasteiger partial charge in [-0.2, -0.15) is 0 Å². The van der Waals surface area contributed by atoms with Crippen molar-refractivity contribution in [2.24, 2.45) is 13.0 Å². The average molecular weight is 343 g/mol. The molecule has 0 spiro atoms. The molecule has 0 radical (unpaired) electrons. The first-order chi connectivity index (χ1) is 12.1. The number of carbonyl (C=O) groups is 1. The summed E-state index contributed by atoms with van der Waals surface area (Å²) in [5.41, 5.74) is 2.19. The van der Waals surface area contributed by atoms with Gasteiger partial charge in [-0.1, -0.05) is 0 Å². The normalized spacial score (nSPS) is 22.0. The van der Waals surface area contributed by atoms with Crippen LogP contribution in [0.15, 0.2) is 24.4 Å². The van der Waals surface area contributed by atoms with Crippen molar-refractivity contribution in [1.29, 1.82) is 0 Å². The van der Waals surface area contributed by atoms with Gasteiger partial charge in [0.1, 0.15) is 5.82 Å². The Balaban J connectivity index is 1.44. The molecule has 134 valence electrons. The Morgan fingerprint density at radius 1 is 1.20 bits per heavy atom. The summed E-state index contributed by atoms with van der Waals surface area (Å²) in [6.45, 7) is 4.40. The molecular formula is C20H26FN3O. The highest BCUT2D eigenvalue weighted by atomic mass is 19.1. The van der Waals surface area contributed by atoms with E-state index in [0.29, 0.717) is 5.91 Å². The highest BCUT2D eigenvalue weighted by molar-refractivity contribution is 5.84.